The first-order valence-corrected chi connectivity index (χ1v) is 9.53. The molecule has 2 heterocycles. The molecule has 0 saturated heterocycles. The Hall–Kier alpha value is -1.77. The van der Waals surface area contributed by atoms with E-state index in [-0.39, 0.29) is 11.9 Å². The van der Waals surface area contributed by atoms with E-state index in [2.05, 4.69) is 10.3 Å². The second kappa shape index (κ2) is 8.55. The standard InChI is InChI=1S/C17H25N5O2S/c1-24-9-8-21(11-15-3-2-10-25-15)17(23)16-12-22(20-19-16)14-6-4-13(18)5-7-14/h2-3,10,12-14H,4-9,11,18H2,1H3. The minimum Gasteiger partial charge on any atom is -0.383 e. The van der Waals surface area contributed by atoms with Crippen LogP contribution in [0, 0.1) is 0 Å². The number of aromatic nitrogens is 3. The van der Waals surface area contributed by atoms with E-state index in [9.17, 15) is 4.79 Å². The van der Waals surface area contributed by atoms with Crippen molar-refractivity contribution in [2.24, 2.45) is 5.73 Å². The molecular formula is C17H25N5O2S. The molecule has 1 amide bonds. The van der Waals surface area contributed by atoms with E-state index in [0.717, 1.165) is 30.6 Å². The zero-order chi connectivity index (χ0) is 17.6. The lowest BCUT2D eigenvalue weighted by molar-refractivity contribution is 0.0676. The van der Waals surface area contributed by atoms with Crippen LogP contribution in [0.15, 0.2) is 23.7 Å². The molecular weight excluding hydrogens is 338 g/mol. The Morgan fingerprint density at radius 1 is 1.44 bits per heavy atom. The van der Waals surface area contributed by atoms with E-state index in [0.29, 0.717) is 31.4 Å². The number of hydrogen-bond acceptors (Lipinski definition) is 6. The van der Waals surface area contributed by atoms with Gasteiger partial charge in [-0.1, -0.05) is 11.3 Å². The Bertz CT molecular complexity index is 664. The molecule has 0 aliphatic heterocycles. The van der Waals surface area contributed by atoms with Gasteiger partial charge < -0.3 is 15.4 Å². The van der Waals surface area contributed by atoms with Crippen molar-refractivity contribution in [3.05, 3.63) is 34.3 Å². The number of rotatable bonds is 7. The third-order valence-corrected chi connectivity index (χ3v) is 5.49. The maximum Gasteiger partial charge on any atom is 0.276 e. The lowest BCUT2D eigenvalue weighted by Crippen LogP contribution is -2.33. The van der Waals surface area contributed by atoms with Crippen molar-refractivity contribution in [3.63, 3.8) is 0 Å². The van der Waals surface area contributed by atoms with Crippen molar-refractivity contribution in [2.45, 2.75) is 44.3 Å². The van der Waals surface area contributed by atoms with Crippen LogP contribution in [0.1, 0.15) is 47.1 Å². The Morgan fingerprint density at radius 3 is 2.92 bits per heavy atom. The van der Waals surface area contributed by atoms with Crippen LogP contribution in [0.3, 0.4) is 0 Å². The van der Waals surface area contributed by atoms with Gasteiger partial charge in [-0.15, -0.1) is 16.4 Å². The van der Waals surface area contributed by atoms with Gasteiger partial charge in [0, 0.05) is 24.6 Å². The zero-order valence-electron chi connectivity index (χ0n) is 14.5. The Labute approximate surface area is 151 Å². The highest BCUT2D eigenvalue weighted by Crippen LogP contribution is 2.27. The van der Waals surface area contributed by atoms with Gasteiger partial charge in [-0.2, -0.15) is 0 Å². The lowest BCUT2D eigenvalue weighted by atomic mass is 9.92. The minimum atomic E-state index is -0.107. The summed E-state index contributed by atoms with van der Waals surface area (Å²) in [4.78, 5) is 15.8. The summed E-state index contributed by atoms with van der Waals surface area (Å²) in [5.41, 5.74) is 6.35. The summed E-state index contributed by atoms with van der Waals surface area (Å²) in [6.45, 7) is 1.58. The molecule has 136 valence electrons. The summed E-state index contributed by atoms with van der Waals surface area (Å²) < 4.78 is 6.98. The highest BCUT2D eigenvalue weighted by atomic mass is 32.1. The van der Waals surface area contributed by atoms with Crippen LogP contribution in [-0.2, 0) is 11.3 Å². The largest absolute Gasteiger partial charge is 0.383 e. The number of hydrogen-bond donors (Lipinski definition) is 1. The van der Waals surface area contributed by atoms with Gasteiger partial charge in [-0.25, -0.2) is 4.68 Å². The second-order valence-electron chi connectivity index (χ2n) is 6.45. The number of nitrogens with zero attached hydrogens (tertiary/aromatic N) is 4. The third-order valence-electron chi connectivity index (χ3n) is 4.62. The predicted octanol–water partition coefficient (Wildman–Crippen LogP) is 2.07. The molecule has 2 N–H and O–H groups in total. The van der Waals surface area contributed by atoms with E-state index in [4.69, 9.17) is 10.5 Å². The molecule has 0 unspecified atom stereocenters. The summed E-state index contributed by atoms with van der Waals surface area (Å²) in [6.07, 6.45) is 5.73. The van der Waals surface area contributed by atoms with Gasteiger partial charge in [0.1, 0.15) is 0 Å². The van der Waals surface area contributed by atoms with Crippen molar-refractivity contribution >= 4 is 17.2 Å². The van der Waals surface area contributed by atoms with Crippen molar-refractivity contribution in [3.8, 4) is 0 Å². The summed E-state index contributed by atoms with van der Waals surface area (Å²) >= 11 is 1.64. The average Bonchev–Trinajstić information content (AvgIpc) is 3.30. The number of carbonyl (C=O) groups excluding carboxylic acids is 1. The number of methoxy groups -OCH3 is 1. The molecule has 0 atom stereocenters. The molecule has 3 rings (SSSR count). The number of nitrogens with two attached hydrogens (primary N) is 1. The van der Waals surface area contributed by atoms with Crippen molar-refractivity contribution in [1.29, 1.82) is 0 Å². The summed E-state index contributed by atoms with van der Waals surface area (Å²) in [6, 6.07) is 4.60. The fourth-order valence-corrected chi connectivity index (χ4v) is 3.85. The predicted molar refractivity (Wildman–Crippen MR) is 96.4 cm³/mol. The second-order valence-corrected chi connectivity index (χ2v) is 7.48. The summed E-state index contributed by atoms with van der Waals surface area (Å²) in [5, 5.41) is 10.3. The van der Waals surface area contributed by atoms with Gasteiger partial charge in [0.15, 0.2) is 5.69 Å². The molecule has 1 fully saturated rings. The quantitative estimate of drug-likeness (QED) is 0.814. The zero-order valence-corrected chi connectivity index (χ0v) is 15.3. The summed E-state index contributed by atoms with van der Waals surface area (Å²) in [5.74, 6) is -0.107. The minimum absolute atomic E-state index is 0.107. The fourth-order valence-electron chi connectivity index (χ4n) is 3.13. The van der Waals surface area contributed by atoms with Crippen molar-refractivity contribution < 1.29 is 9.53 Å². The highest BCUT2D eigenvalue weighted by molar-refractivity contribution is 7.09. The molecule has 1 saturated carbocycles. The van der Waals surface area contributed by atoms with Crippen LogP contribution < -0.4 is 5.73 Å². The molecule has 0 spiro atoms. The van der Waals surface area contributed by atoms with Gasteiger partial charge in [-0.3, -0.25) is 4.79 Å². The van der Waals surface area contributed by atoms with Crippen LogP contribution in [0.25, 0.3) is 0 Å². The first-order chi connectivity index (χ1) is 12.2. The smallest absolute Gasteiger partial charge is 0.276 e. The molecule has 0 radical (unpaired) electrons. The molecule has 1 aliphatic carbocycles. The molecule has 25 heavy (non-hydrogen) atoms. The van der Waals surface area contributed by atoms with Gasteiger partial charge in [0.05, 0.1) is 25.4 Å². The number of thiophene rings is 1. The van der Waals surface area contributed by atoms with E-state index in [1.807, 2.05) is 22.2 Å². The molecule has 2 aromatic rings. The molecule has 0 aromatic carbocycles. The third kappa shape index (κ3) is 4.65. The SMILES string of the molecule is COCCN(Cc1cccs1)C(=O)c1cn(C2CCC(N)CC2)nn1. The maximum atomic E-state index is 12.9. The van der Waals surface area contributed by atoms with E-state index < -0.39 is 0 Å². The number of ether oxygens (including phenoxy) is 1. The summed E-state index contributed by atoms with van der Waals surface area (Å²) in [7, 11) is 1.64. The Morgan fingerprint density at radius 2 is 2.24 bits per heavy atom. The van der Waals surface area contributed by atoms with E-state index in [1.165, 1.54) is 0 Å². The molecule has 0 bridgehead atoms. The monoisotopic (exact) mass is 363 g/mol. The topological polar surface area (TPSA) is 86.3 Å². The lowest BCUT2D eigenvalue weighted by Gasteiger charge is -2.25. The van der Waals surface area contributed by atoms with Crippen LogP contribution >= 0.6 is 11.3 Å². The Kier molecular flexibility index (Phi) is 6.17. The van der Waals surface area contributed by atoms with Gasteiger partial charge in [-0.05, 0) is 37.1 Å². The van der Waals surface area contributed by atoms with Gasteiger partial charge in [0.2, 0.25) is 0 Å². The first-order valence-electron chi connectivity index (χ1n) is 8.65. The maximum absolute atomic E-state index is 12.9. The number of carbonyl (C=O) groups is 1. The molecule has 2 aromatic heterocycles. The molecule has 1 aliphatic rings. The van der Waals surface area contributed by atoms with Crippen molar-refractivity contribution in [1.82, 2.24) is 19.9 Å². The number of amides is 1. The molecule has 8 heteroatoms. The van der Waals surface area contributed by atoms with Crippen LogP contribution in [0.2, 0.25) is 0 Å². The van der Waals surface area contributed by atoms with Gasteiger partial charge >= 0.3 is 0 Å². The highest BCUT2D eigenvalue weighted by Gasteiger charge is 2.24. The first kappa shape index (κ1) is 18.0. The molecule has 7 nitrogen and oxygen atoms in total. The van der Waals surface area contributed by atoms with Crippen LogP contribution in [-0.4, -0.2) is 52.1 Å². The fraction of sp³-hybridized carbons (Fsp3) is 0.588. The van der Waals surface area contributed by atoms with E-state index in [1.54, 1.807) is 29.5 Å². The van der Waals surface area contributed by atoms with Crippen LogP contribution in [0.5, 0.6) is 0 Å². The van der Waals surface area contributed by atoms with E-state index >= 15 is 0 Å². The van der Waals surface area contributed by atoms with Gasteiger partial charge in [0.25, 0.3) is 5.91 Å². The average molecular weight is 363 g/mol. The van der Waals surface area contributed by atoms with Crippen molar-refractivity contribution in [2.75, 3.05) is 20.3 Å². The van der Waals surface area contributed by atoms with Crippen LogP contribution in [0.4, 0.5) is 0 Å². The Balaban J connectivity index is 1.68. The normalized spacial score (nSPS) is 20.6.